The van der Waals surface area contributed by atoms with Gasteiger partial charge in [-0.25, -0.2) is 0 Å². The fraction of sp³-hybridized carbons (Fsp3) is 0.929. The number of carbonyl (C=O) groups excluding carboxylic acids is 1. The number of likely N-dealkylation sites (N-methyl/N-ethyl adjacent to an activating group) is 1. The number of hydrogen-bond acceptors (Lipinski definition) is 3. The van der Waals surface area contributed by atoms with Crippen molar-refractivity contribution < 1.29 is 18.0 Å². The van der Waals surface area contributed by atoms with Gasteiger partial charge in [-0.3, -0.25) is 9.69 Å². The first-order chi connectivity index (χ1) is 9.90. The van der Waals surface area contributed by atoms with Crippen LogP contribution in [0, 0.1) is 0 Å². The van der Waals surface area contributed by atoms with E-state index in [0.29, 0.717) is 32.5 Å². The second kappa shape index (κ2) is 6.96. The quantitative estimate of drug-likeness (QED) is 0.810. The van der Waals surface area contributed by atoms with E-state index in [2.05, 4.69) is 5.32 Å². The average molecular weight is 307 g/mol. The van der Waals surface area contributed by atoms with Crippen molar-refractivity contribution in [1.82, 2.24) is 15.1 Å². The summed E-state index contributed by atoms with van der Waals surface area (Å²) in [5.41, 5.74) is 0. The minimum Gasteiger partial charge on any atom is -0.339 e. The normalized spacial score (nSPS) is 20.8. The van der Waals surface area contributed by atoms with Gasteiger partial charge in [0.05, 0.1) is 13.1 Å². The van der Waals surface area contributed by atoms with E-state index in [1.54, 1.807) is 4.90 Å². The molecule has 2 rings (SSSR count). The number of alkyl halides is 3. The van der Waals surface area contributed by atoms with E-state index in [-0.39, 0.29) is 24.5 Å². The lowest BCUT2D eigenvalue weighted by molar-refractivity contribution is -0.157. The summed E-state index contributed by atoms with van der Waals surface area (Å²) in [5.74, 6) is -0.164. The lowest BCUT2D eigenvalue weighted by atomic mass is 10.0. The van der Waals surface area contributed by atoms with Gasteiger partial charge in [0.15, 0.2) is 0 Å². The van der Waals surface area contributed by atoms with Gasteiger partial charge >= 0.3 is 6.18 Å². The summed E-state index contributed by atoms with van der Waals surface area (Å²) in [5, 5.41) is 3.14. The zero-order chi connectivity index (χ0) is 15.5. The van der Waals surface area contributed by atoms with Gasteiger partial charge in [-0.15, -0.1) is 0 Å². The van der Waals surface area contributed by atoms with Gasteiger partial charge in [0.25, 0.3) is 0 Å². The van der Waals surface area contributed by atoms with Crippen molar-refractivity contribution in [1.29, 1.82) is 0 Å². The van der Waals surface area contributed by atoms with Crippen molar-refractivity contribution in [2.45, 2.75) is 50.9 Å². The highest BCUT2D eigenvalue weighted by atomic mass is 19.4. The summed E-state index contributed by atoms with van der Waals surface area (Å²) in [6.45, 7) is 2.78. The number of carbonyl (C=O) groups is 1. The molecule has 0 spiro atoms. The van der Waals surface area contributed by atoms with Gasteiger partial charge in [-0.2, -0.15) is 13.2 Å². The summed E-state index contributed by atoms with van der Waals surface area (Å²) >= 11 is 0. The van der Waals surface area contributed by atoms with E-state index in [4.69, 9.17) is 0 Å². The van der Waals surface area contributed by atoms with Crippen molar-refractivity contribution in [3.63, 3.8) is 0 Å². The van der Waals surface area contributed by atoms with E-state index in [1.165, 1.54) is 4.90 Å². The molecule has 2 fully saturated rings. The first kappa shape index (κ1) is 16.5. The Hall–Kier alpha value is -0.820. The zero-order valence-electron chi connectivity index (χ0n) is 12.5. The van der Waals surface area contributed by atoms with Gasteiger partial charge in [0.1, 0.15) is 0 Å². The molecular weight excluding hydrogens is 283 g/mol. The molecule has 1 N–H and O–H groups in total. The predicted octanol–water partition coefficient (Wildman–Crippen LogP) is 1.61. The molecule has 1 saturated carbocycles. The van der Waals surface area contributed by atoms with Crippen LogP contribution in [-0.4, -0.2) is 66.7 Å². The summed E-state index contributed by atoms with van der Waals surface area (Å²) in [4.78, 5) is 15.4. The van der Waals surface area contributed by atoms with E-state index >= 15 is 0 Å². The Morgan fingerprint density at radius 1 is 1.14 bits per heavy atom. The Morgan fingerprint density at radius 2 is 1.76 bits per heavy atom. The molecule has 0 aromatic carbocycles. The second-order valence-electron chi connectivity index (χ2n) is 5.91. The highest BCUT2D eigenvalue weighted by Gasteiger charge is 2.37. The molecule has 0 unspecified atom stereocenters. The Labute approximate surface area is 123 Å². The molecule has 1 amide bonds. The van der Waals surface area contributed by atoms with E-state index < -0.39 is 12.7 Å². The van der Waals surface area contributed by atoms with Gasteiger partial charge in [-0.1, -0.05) is 0 Å². The molecule has 21 heavy (non-hydrogen) atoms. The lowest BCUT2D eigenvalue weighted by Gasteiger charge is -2.35. The number of nitrogens with zero attached hydrogens (tertiary/aromatic N) is 2. The molecule has 1 aliphatic heterocycles. The Kier molecular flexibility index (Phi) is 5.48. The molecule has 0 bridgehead atoms. The third-order valence-corrected chi connectivity index (χ3v) is 4.19. The first-order valence-corrected chi connectivity index (χ1v) is 7.71. The number of rotatable bonds is 6. The highest BCUT2D eigenvalue weighted by molar-refractivity contribution is 5.79. The average Bonchev–Trinajstić information content (AvgIpc) is 3.23. The van der Waals surface area contributed by atoms with Crippen molar-refractivity contribution in [3.05, 3.63) is 0 Å². The number of piperidine rings is 1. The topological polar surface area (TPSA) is 35.6 Å². The minimum absolute atomic E-state index is 0.117. The zero-order valence-corrected chi connectivity index (χ0v) is 12.5. The predicted molar refractivity (Wildman–Crippen MR) is 73.9 cm³/mol. The van der Waals surface area contributed by atoms with Crippen molar-refractivity contribution in [2.24, 2.45) is 0 Å². The van der Waals surface area contributed by atoms with Crippen LogP contribution < -0.4 is 5.32 Å². The number of hydrogen-bond donors (Lipinski definition) is 1. The first-order valence-electron chi connectivity index (χ1n) is 7.71. The van der Waals surface area contributed by atoms with Gasteiger partial charge < -0.3 is 10.2 Å². The maximum Gasteiger partial charge on any atom is 0.401 e. The summed E-state index contributed by atoms with van der Waals surface area (Å²) in [6.07, 6.45) is -0.974. The molecule has 1 saturated heterocycles. The van der Waals surface area contributed by atoms with Crippen LogP contribution in [-0.2, 0) is 4.79 Å². The summed E-state index contributed by atoms with van der Waals surface area (Å²) < 4.78 is 38.3. The Balaban J connectivity index is 1.98. The standard InChI is InChI=1S/C14H24F3N3O/c1-2-20(12-3-4-12)13(21)9-19(10-14(15,16)17)11-5-7-18-8-6-11/h11-12,18H,2-10H2,1H3. The monoisotopic (exact) mass is 307 g/mol. The van der Waals surface area contributed by atoms with Crippen LogP contribution in [0.5, 0.6) is 0 Å². The van der Waals surface area contributed by atoms with Crippen LogP contribution in [0.3, 0.4) is 0 Å². The second-order valence-corrected chi connectivity index (χ2v) is 5.91. The molecular formula is C14H24F3N3O. The Bertz CT molecular complexity index is 352. The Morgan fingerprint density at radius 3 is 2.24 bits per heavy atom. The van der Waals surface area contributed by atoms with Crippen LogP contribution >= 0.6 is 0 Å². The van der Waals surface area contributed by atoms with Crippen LogP contribution in [0.2, 0.25) is 0 Å². The molecule has 4 nitrogen and oxygen atoms in total. The lowest BCUT2D eigenvalue weighted by Crippen LogP contribution is -2.51. The SMILES string of the molecule is CCN(C(=O)CN(CC(F)(F)F)C1CCNCC1)C1CC1. The molecule has 2 aliphatic rings. The number of halogens is 3. The molecule has 0 aromatic rings. The van der Waals surface area contributed by atoms with Crippen molar-refractivity contribution in [3.8, 4) is 0 Å². The third-order valence-electron chi connectivity index (χ3n) is 4.19. The third kappa shape index (κ3) is 5.14. The van der Waals surface area contributed by atoms with Crippen LogP contribution in [0.15, 0.2) is 0 Å². The highest BCUT2D eigenvalue weighted by Crippen LogP contribution is 2.27. The van der Waals surface area contributed by atoms with Gasteiger partial charge in [0, 0.05) is 18.6 Å². The summed E-state index contributed by atoms with van der Waals surface area (Å²) in [6, 6.07) is 0.0954. The molecule has 1 heterocycles. The maximum absolute atomic E-state index is 12.8. The van der Waals surface area contributed by atoms with Crippen molar-refractivity contribution in [2.75, 3.05) is 32.7 Å². The van der Waals surface area contributed by atoms with Gasteiger partial charge in [0.2, 0.25) is 5.91 Å². The molecule has 122 valence electrons. The molecule has 0 atom stereocenters. The maximum atomic E-state index is 12.8. The summed E-state index contributed by atoms with van der Waals surface area (Å²) in [7, 11) is 0. The number of nitrogens with one attached hydrogen (secondary N) is 1. The molecule has 1 aliphatic carbocycles. The van der Waals surface area contributed by atoms with Gasteiger partial charge in [-0.05, 0) is 45.7 Å². The largest absolute Gasteiger partial charge is 0.401 e. The van der Waals surface area contributed by atoms with Crippen LogP contribution in [0.25, 0.3) is 0 Å². The van der Waals surface area contributed by atoms with E-state index in [0.717, 1.165) is 12.8 Å². The fourth-order valence-corrected chi connectivity index (χ4v) is 3.01. The molecule has 7 heteroatoms. The molecule has 0 aromatic heterocycles. The van der Waals surface area contributed by atoms with E-state index in [1.807, 2.05) is 6.92 Å². The smallest absolute Gasteiger partial charge is 0.339 e. The molecule has 0 radical (unpaired) electrons. The number of amides is 1. The van der Waals surface area contributed by atoms with E-state index in [9.17, 15) is 18.0 Å². The fourth-order valence-electron chi connectivity index (χ4n) is 3.01. The van der Waals surface area contributed by atoms with Crippen molar-refractivity contribution >= 4 is 5.91 Å². The van der Waals surface area contributed by atoms with Crippen LogP contribution in [0.4, 0.5) is 13.2 Å². The minimum atomic E-state index is -4.26. The van der Waals surface area contributed by atoms with Crippen LogP contribution in [0.1, 0.15) is 32.6 Å².